The summed E-state index contributed by atoms with van der Waals surface area (Å²) in [5, 5.41) is 8.15. The smallest absolute Gasteiger partial charge is 0.475 e. The average Bonchev–Trinajstić information content (AvgIpc) is 3.17. The van der Waals surface area contributed by atoms with Crippen molar-refractivity contribution in [1.82, 2.24) is 14.1 Å². The van der Waals surface area contributed by atoms with E-state index in [1.165, 1.54) is 0 Å². The van der Waals surface area contributed by atoms with Gasteiger partial charge >= 0.3 is 12.1 Å². The highest BCUT2D eigenvalue weighted by Crippen LogP contribution is 2.29. The lowest BCUT2D eigenvalue weighted by molar-refractivity contribution is -0.192. The first-order chi connectivity index (χ1) is 16.2. The van der Waals surface area contributed by atoms with Crippen LogP contribution in [0.25, 0.3) is 33.2 Å². The molecule has 0 aliphatic heterocycles. The third-order valence-electron chi connectivity index (χ3n) is 5.05. The van der Waals surface area contributed by atoms with E-state index >= 15 is 0 Å². The molecule has 2 heterocycles. The standard InChI is InChI=1S/C22H22N4O.C2HF3O2/c1-2-13-26-20-11-6-4-9-18(20)24-21(22(26)27)17-15-25(14-7-12-23)19-10-5-3-8-16(17)19;3-2(4,5)1(6)7/h2-6,8-11,15H,1,7,12-14,23H2;(H,6,7). The second-order valence-electron chi connectivity index (χ2n) is 7.35. The number of hydrogen-bond acceptors (Lipinski definition) is 4. The molecule has 0 atom stereocenters. The van der Waals surface area contributed by atoms with Crippen LogP contribution in [0.2, 0.25) is 0 Å². The summed E-state index contributed by atoms with van der Waals surface area (Å²) in [5.74, 6) is -2.76. The fourth-order valence-corrected chi connectivity index (χ4v) is 3.56. The lowest BCUT2D eigenvalue weighted by Gasteiger charge is -2.10. The molecule has 0 aliphatic carbocycles. The minimum atomic E-state index is -5.08. The number of halogens is 3. The fourth-order valence-electron chi connectivity index (χ4n) is 3.56. The quantitative estimate of drug-likeness (QED) is 0.410. The van der Waals surface area contributed by atoms with Gasteiger partial charge in [0, 0.05) is 35.8 Å². The van der Waals surface area contributed by atoms with E-state index in [9.17, 15) is 18.0 Å². The Hall–Kier alpha value is -3.92. The minimum absolute atomic E-state index is 0.102. The number of benzene rings is 2. The number of fused-ring (bicyclic) bond motifs is 2. The van der Waals surface area contributed by atoms with Gasteiger partial charge in [0.25, 0.3) is 5.56 Å². The molecular formula is C24H23F3N4O3. The van der Waals surface area contributed by atoms with Gasteiger partial charge in [-0.05, 0) is 31.2 Å². The molecule has 4 aromatic rings. The Morgan fingerprint density at radius 3 is 2.35 bits per heavy atom. The number of aromatic nitrogens is 3. The highest BCUT2D eigenvalue weighted by molar-refractivity contribution is 5.96. The van der Waals surface area contributed by atoms with Crippen molar-refractivity contribution in [2.45, 2.75) is 25.7 Å². The molecule has 7 nitrogen and oxygen atoms in total. The van der Waals surface area contributed by atoms with Crippen LogP contribution in [0, 0.1) is 0 Å². The molecule has 0 fully saturated rings. The van der Waals surface area contributed by atoms with E-state index in [2.05, 4.69) is 17.2 Å². The normalized spacial score (nSPS) is 11.3. The average molecular weight is 472 g/mol. The van der Waals surface area contributed by atoms with Crippen LogP contribution in [0.4, 0.5) is 13.2 Å². The summed E-state index contributed by atoms with van der Waals surface area (Å²) in [4.78, 5) is 26.9. The second kappa shape index (κ2) is 10.3. The molecule has 0 saturated carbocycles. The monoisotopic (exact) mass is 472 g/mol. The van der Waals surface area contributed by atoms with E-state index in [1.807, 2.05) is 48.7 Å². The van der Waals surface area contributed by atoms with E-state index in [0.717, 1.165) is 40.5 Å². The van der Waals surface area contributed by atoms with Crippen molar-refractivity contribution < 1.29 is 23.1 Å². The number of carboxylic acid groups (broad SMARTS) is 1. The van der Waals surface area contributed by atoms with Crippen LogP contribution in [0.15, 0.2) is 72.2 Å². The van der Waals surface area contributed by atoms with Crippen molar-refractivity contribution in [1.29, 1.82) is 0 Å². The van der Waals surface area contributed by atoms with Gasteiger partial charge in [-0.3, -0.25) is 4.79 Å². The Morgan fingerprint density at radius 1 is 1.12 bits per heavy atom. The third-order valence-corrected chi connectivity index (χ3v) is 5.05. The van der Waals surface area contributed by atoms with Gasteiger partial charge in [0.05, 0.1) is 11.0 Å². The molecule has 34 heavy (non-hydrogen) atoms. The number of nitrogens with two attached hydrogens (primary N) is 1. The molecule has 10 heteroatoms. The van der Waals surface area contributed by atoms with Gasteiger partial charge in [0.15, 0.2) is 0 Å². The number of rotatable bonds is 6. The molecule has 0 spiro atoms. The molecular weight excluding hydrogens is 449 g/mol. The summed E-state index contributed by atoms with van der Waals surface area (Å²) in [5.41, 5.74) is 9.62. The van der Waals surface area contributed by atoms with E-state index < -0.39 is 12.1 Å². The third kappa shape index (κ3) is 5.18. The van der Waals surface area contributed by atoms with Gasteiger partial charge in [-0.2, -0.15) is 13.2 Å². The summed E-state index contributed by atoms with van der Waals surface area (Å²) >= 11 is 0. The van der Waals surface area contributed by atoms with Crippen LogP contribution in [0.3, 0.4) is 0 Å². The summed E-state index contributed by atoms with van der Waals surface area (Å²) in [7, 11) is 0. The predicted molar refractivity (Wildman–Crippen MR) is 124 cm³/mol. The Kier molecular flexibility index (Phi) is 7.52. The summed E-state index contributed by atoms with van der Waals surface area (Å²) in [6.07, 6.45) is -0.441. The molecule has 0 amide bonds. The molecule has 0 bridgehead atoms. The minimum Gasteiger partial charge on any atom is -0.475 e. The number of nitrogens with zero attached hydrogens (tertiary/aromatic N) is 3. The molecule has 3 N–H and O–H groups in total. The molecule has 178 valence electrons. The van der Waals surface area contributed by atoms with Crippen LogP contribution in [0.5, 0.6) is 0 Å². The van der Waals surface area contributed by atoms with Gasteiger partial charge in [0.2, 0.25) is 0 Å². The molecule has 2 aromatic heterocycles. The fraction of sp³-hybridized carbons (Fsp3) is 0.208. The Bertz CT molecular complexity index is 1390. The second-order valence-corrected chi connectivity index (χ2v) is 7.35. The number of carboxylic acids is 1. The lowest BCUT2D eigenvalue weighted by Crippen LogP contribution is -2.23. The van der Waals surface area contributed by atoms with Crippen LogP contribution in [0.1, 0.15) is 6.42 Å². The molecule has 0 unspecified atom stereocenters. The van der Waals surface area contributed by atoms with E-state index in [1.54, 1.807) is 10.6 Å². The summed E-state index contributed by atoms with van der Waals surface area (Å²) < 4.78 is 35.6. The van der Waals surface area contributed by atoms with Gasteiger partial charge in [-0.1, -0.05) is 36.4 Å². The number of para-hydroxylation sites is 3. The molecule has 0 aliphatic rings. The van der Waals surface area contributed by atoms with Crippen LogP contribution in [-0.2, 0) is 17.9 Å². The SMILES string of the molecule is C=CCn1c(=O)c(-c2cn(CCCN)c3ccccc23)nc2ccccc21.O=C(O)C(F)(F)F. The first-order valence-corrected chi connectivity index (χ1v) is 10.4. The van der Waals surface area contributed by atoms with Gasteiger partial charge in [-0.25, -0.2) is 9.78 Å². The number of hydrogen-bond donors (Lipinski definition) is 2. The Balaban J connectivity index is 0.000000406. The largest absolute Gasteiger partial charge is 0.490 e. The van der Waals surface area contributed by atoms with Crippen molar-refractivity contribution >= 4 is 27.9 Å². The van der Waals surface area contributed by atoms with Crippen molar-refractivity contribution in [2.24, 2.45) is 5.73 Å². The van der Waals surface area contributed by atoms with Gasteiger partial charge < -0.3 is 20.0 Å². The van der Waals surface area contributed by atoms with Crippen molar-refractivity contribution in [3.63, 3.8) is 0 Å². The van der Waals surface area contributed by atoms with Crippen LogP contribution in [-0.4, -0.2) is 37.9 Å². The van der Waals surface area contributed by atoms with E-state index in [-0.39, 0.29) is 5.56 Å². The maximum Gasteiger partial charge on any atom is 0.490 e. The van der Waals surface area contributed by atoms with E-state index in [0.29, 0.717) is 18.8 Å². The number of aryl methyl sites for hydroxylation is 1. The highest BCUT2D eigenvalue weighted by atomic mass is 19.4. The Morgan fingerprint density at radius 2 is 1.74 bits per heavy atom. The zero-order valence-corrected chi connectivity index (χ0v) is 18.1. The number of alkyl halides is 3. The lowest BCUT2D eigenvalue weighted by atomic mass is 10.1. The van der Waals surface area contributed by atoms with Gasteiger partial charge in [0.1, 0.15) is 5.69 Å². The molecule has 4 rings (SSSR count). The highest BCUT2D eigenvalue weighted by Gasteiger charge is 2.38. The summed E-state index contributed by atoms with van der Waals surface area (Å²) in [6, 6.07) is 15.8. The van der Waals surface area contributed by atoms with Crippen molar-refractivity contribution in [2.75, 3.05) is 6.54 Å². The summed E-state index contributed by atoms with van der Waals surface area (Å²) in [6.45, 7) is 5.68. The van der Waals surface area contributed by atoms with Crippen molar-refractivity contribution in [3.05, 3.63) is 77.7 Å². The number of carbonyl (C=O) groups is 1. The Labute approximate surface area is 192 Å². The number of allylic oxidation sites excluding steroid dienone is 1. The zero-order chi connectivity index (χ0) is 24.9. The maximum absolute atomic E-state index is 13.3. The number of aliphatic carboxylic acids is 1. The molecule has 0 saturated heterocycles. The van der Waals surface area contributed by atoms with Gasteiger partial charge in [-0.15, -0.1) is 6.58 Å². The first kappa shape index (κ1) is 24.7. The molecule has 2 aromatic carbocycles. The zero-order valence-electron chi connectivity index (χ0n) is 18.1. The van der Waals surface area contributed by atoms with E-state index in [4.69, 9.17) is 20.6 Å². The molecule has 0 radical (unpaired) electrons. The van der Waals surface area contributed by atoms with Crippen LogP contribution >= 0.6 is 0 Å². The maximum atomic E-state index is 13.3. The van der Waals surface area contributed by atoms with Crippen molar-refractivity contribution in [3.8, 4) is 11.3 Å². The first-order valence-electron chi connectivity index (χ1n) is 10.4. The van der Waals surface area contributed by atoms with Crippen LogP contribution < -0.4 is 11.3 Å². The topological polar surface area (TPSA) is 103 Å². The predicted octanol–water partition coefficient (Wildman–Crippen LogP) is 4.19.